The molecule has 1 aromatic carbocycles. The van der Waals surface area contributed by atoms with Gasteiger partial charge in [-0.2, -0.15) is 17.4 Å². The molecule has 0 aliphatic carbocycles. The quantitative estimate of drug-likeness (QED) is 0.848. The Hall–Kier alpha value is -1.88. The molecule has 1 aromatic heterocycles. The molecule has 1 aliphatic rings. The van der Waals surface area contributed by atoms with Crippen molar-refractivity contribution in [1.82, 2.24) is 9.03 Å². The van der Waals surface area contributed by atoms with Gasteiger partial charge in [-0.25, -0.2) is 8.78 Å². The van der Waals surface area contributed by atoms with E-state index >= 15 is 0 Å². The van der Waals surface area contributed by atoms with Crippen molar-refractivity contribution in [3.05, 3.63) is 52.2 Å². The second-order valence-corrected chi connectivity index (χ2v) is 8.32. The van der Waals surface area contributed by atoms with E-state index in [9.17, 15) is 22.0 Å². The SMILES string of the molecule is CN1C(C(=O)Nc2ccc(F)c(F)c2)CC(c2cccs2)NS1(=O)=O. The topological polar surface area (TPSA) is 78.5 Å². The second-order valence-electron chi connectivity index (χ2n) is 5.58. The first-order valence-electron chi connectivity index (χ1n) is 7.32. The number of benzene rings is 1. The molecular formula is C15H15F2N3O3S2. The lowest BCUT2D eigenvalue weighted by molar-refractivity contribution is -0.120. The van der Waals surface area contributed by atoms with Gasteiger partial charge >= 0.3 is 0 Å². The summed E-state index contributed by atoms with van der Waals surface area (Å²) in [5, 5.41) is 4.26. The zero-order chi connectivity index (χ0) is 18.2. The number of nitrogens with one attached hydrogen (secondary N) is 2. The molecule has 0 radical (unpaired) electrons. The number of rotatable bonds is 3. The van der Waals surface area contributed by atoms with E-state index in [1.807, 2.05) is 5.38 Å². The summed E-state index contributed by atoms with van der Waals surface area (Å²) in [6, 6.07) is 5.02. The molecule has 1 aliphatic heterocycles. The average Bonchev–Trinajstić information content (AvgIpc) is 3.07. The molecule has 2 unspecified atom stereocenters. The number of amides is 1. The van der Waals surface area contributed by atoms with E-state index in [2.05, 4.69) is 10.0 Å². The van der Waals surface area contributed by atoms with E-state index in [1.165, 1.54) is 24.5 Å². The van der Waals surface area contributed by atoms with Gasteiger partial charge in [-0.3, -0.25) is 4.79 Å². The van der Waals surface area contributed by atoms with Crippen molar-refractivity contribution < 1.29 is 22.0 Å². The molecule has 2 atom stereocenters. The molecule has 10 heteroatoms. The Kier molecular flexibility index (Phi) is 4.87. The number of anilines is 1. The second kappa shape index (κ2) is 6.79. The zero-order valence-corrected chi connectivity index (χ0v) is 14.7. The van der Waals surface area contributed by atoms with Crippen LogP contribution in [0.1, 0.15) is 17.3 Å². The molecule has 2 aromatic rings. The molecule has 0 spiro atoms. The maximum Gasteiger partial charge on any atom is 0.280 e. The molecule has 25 heavy (non-hydrogen) atoms. The molecule has 2 heterocycles. The number of carbonyl (C=O) groups is 1. The molecule has 3 rings (SSSR count). The van der Waals surface area contributed by atoms with Crippen LogP contribution in [0, 0.1) is 11.6 Å². The highest BCUT2D eigenvalue weighted by atomic mass is 32.2. The Labute approximate surface area is 147 Å². The molecule has 134 valence electrons. The summed E-state index contributed by atoms with van der Waals surface area (Å²) in [6.07, 6.45) is 0.214. The van der Waals surface area contributed by atoms with Crippen molar-refractivity contribution in [3.63, 3.8) is 0 Å². The predicted octanol–water partition coefficient (Wildman–Crippen LogP) is 2.24. The third-order valence-electron chi connectivity index (χ3n) is 3.94. The minimum absolute atomic E-state index is 0.0564. The number of halogens is 2. The standard InChI is InChI=1S/C15H15F2N3O3S2/c1-20-13(15(21)18-9-4-5-10(16)11(17)7-9)8-12(19-25(20,22)23)14-3-2-6-24-14/h2-7,12-13,19H,8H2,1H3,(H,18,21). The number of thiophene rings is 1. The van der Waals surface area contributed by atoms with Crippen molar-refractivity contribution in [2.45, 2.75) is 18.5 Å². The van der Waals surface area contributed by atoms with E-state index < -0.39 is 39.8 Å². The van der Waals surface area contributed by atoms with Crippen LogP contribution in [0.2, 0.25) is 0 Å². The monoisotopic (exact) mass is 387 g/mol. The maximum atomic E-state index is 13.3. The highest BCUT2D eigenvalue weighted by Crippen LogP contribution is 2.30. The van der Waals surface area contributed by atoms with Gasteiger partial charge in [0.15, 0.2) is 11.6 Å². The van der Waals surface area contributed by atoms with E-state index in [0.29, 0.717) is 0 Å². The largest absolute Gasteiger partial charge is 0.325 e. The number of hydrogen-bond acceptors (Lipinski definition) is 4. The Morgan fingerprint density at radius 1 is 1.32 bits per heavy atom. The lowest BCUT2D eigenvalue weighted by Crippen LogP contribution is -2.55. The van der Waals surface area contributed by atoms with Crippen LogP contribution in [0.4, 0.5) is 14.5 Å². The smallest absolute Gasteiger partial charge is 0.280 e. The van der Waals surface area contributed by atoms with Gasteiger partial charge in [-0.1, -0.05) is 6.07 Å². The summed E-state index contributed by atoms with van der Waals surface area (Å²) in [4.78, 5) is 13.3. The van der Waals surface area contributed by atoms with Gasteiger partial charge in [-0.15, -0.1) is 11.3 Å². The van der Waals surface area contributed by atoms with E-state index in [1.54, 1.807) is 12.1 Å². The average molecular weight is 387 g/mol. The molecule has 2 N–H and O–H groups in total. The summed E-state index contributed by atoms with van der Waals surface area (Å²) in [7, 11) is -2.55. The third kappa shape index (κ3) is 3.71. The van der Waals surface area contributed by atoms with Gasteiger partial charge in [0.05, 0.1) is 6.04 Å². The summed E-state index contributed by atoms with van der Waals surface area (Å²) in [5.74, 6) is -2.74. The number of nitrogens with zero attached hydrogens (tertiary/aromatic N) is 1. The summed E-state index contributed by atoms with van der Waals surface area (Å²) >= 11 is 1.38. The van der Waals surface area contributed by atoms with Crippen LogP contribution in [-0.4, -0.2) is 31.7 Å². The van der Waals surface area contributed by atoms with Crippen molar-refractivity contribution in [2.75, 3.05) is 12.4 Å². The fraction of sp³-hybridized carbons (Fsp3) is 0.267. The Morgan fingerprint density at radius 2 is 2.08 bits per heavy atom. The zero-order valence-electron chi connectivity index (χ0n) is 13.1. The van der Waals surface area contributed by atoms with Gasteiger partial charge in [0.25, 0.3) is 10.2 Å². The molecule has 0 saturated carbocycles. The molecule has 0 bridgehead atoms. The molecule has 1 amide bonds. The van der Waals surface area contributed by atoms with Crippen molar-refractivity contribution in [1.29, 1.82) is 0 Å². The normalized spacial score (nSPS) is 23.3. The van der Waals surface area contributed by atoms with Gasteiger partial charge in [0, 0.05) is 23.7 Å². The Balaban J connectivity index is 1.83. The lowest BCUT2D eigenvalue weighted by atomic mass is 10.1. The summed E-state index contributed by atoms with van der Waals surface area (Å²) < 4.78 is 54.3. The first kappa shape index (κ1) is 17.9. The van der Waals surface area contributed by atoms with Crippen LogP contribution in [0.3, 0.4) is 0 Å². The lowest BCUT2D eigenvalue weighted by Gasteiger charge is -2.35. The van der Waals surface area contributed by atoms with Crippen LogP contribution in [-0.2, 0) is 15.0 Å². The van der Waals surface area contributed by atoms with Crippen LogP contribution in [0.5, 0.6) is 0 Å². The first-order chi connectivity index (χ1) is 11.8. The molecule has 1 fully saturated rings. The number of carbonyl (C=O) groups excluding carboxylic acids is 1. The van der Waals surface area contributed by atoms with Crippen LogP contribution in [0.25, 0.3) is 0 Å². The van der Waals surface area contributed by atoms with Crippen LogP contribution in [0.15, 0.2) is 35.7 Å². The molecule has 6 nitrogen and oxygen atoms in total. The first-order valence-corrected chi connectivity index (χ1v) is 9.64. The van der Waals surface area contributed by atoms with Crippen molar-refractivity contribution in [3.8, 4) is 0 Å². The molecular weight excluding hydrogens is 372 g/mol. The fourth-order valence-electron chi connectivity index (χ4n) is 2.59. The Bertz CT molecular complexity index is 887. The van der Waals surface area contributed by atoms with E-state index in [0.717, 1.165) is 21.3 Å². The van der Waals surface area contributed by atoms with E-state index in [-0.39, 0.29) is 12.1 Å². The Morgan fingerprint density at radius 3 is 2.72 bits per heavy atom. The maximum absolute atomic E-state index is 13.3. The van der Waals surface area contributed by atoms with Gasteiger partial charge in [0.2, 0.25) is 5.91 Å². The highest BCUT2D eigenvalue weighted by molar-refractivity contribution is 7.87. The number of hydrogen-bond donors (Lipinski definition) is 2. The summed E-state index contributed by atoms with van der Waals surface area (Å²) in [6.45, 7) is 0. The van der Waals surface area contributed by atoms with E-state index in [4.69, 9.17) is 0 Å². The van der Waals surface area contributed by atoms with Crippen molar-refractivity contribution >= 4 is 33.1 Å². The minimum Gasteiger partial charge on any atom is -0.325 e. The van der Waals surface area contributed by atoms with Gasteiger partial charge < -0.3 is 5.32 Å². The highest BCUT2D eigenvalue weighted by Gasteiger charge is 2.40. The van der Waals surface area contributed by atoms with Crippen molar-refractivity contribution in [2.24, 2.45) is 0 Å². The van der Waals surface area contributed by atoms with Crippen LogP contribution >= 0.6 is 11.3 Å². The molecule has 1 saturated heterocycles. The fourth-order valence-corrected chi connectivity index (χ4v) is 4.72. The number of likely N-dealkylation sites (N-methyl/N-ethyl adjacent to an activating group) is 1. The predicted molar refractivity (Wildman–Crippen MR) is 90.3 cm³/mol. The van der Waals surface area contributed by atoms with Crippen LogP contribution < -0.4 is 10.0 Å². The third-order valence-corrected chi connectivity index (χ3v) is 6.53. The minimum atomic E-state index is -3.84. The van der Waals surface area contributed by atoms with Gasteiger partial charge in [-0.05, 0) is 30.0 Å². The van der Waals surface area contributed by atoms with Gasteiger partial charge in [0.1, 0.15) is 6.04 Å². The summed E-state index contributed by atoms with van der Waals surface area (Å²) in [5.41, 5.74) is 0.0564.